The first-order chi connectivity index (χ1) is 10.3. The van der Waals surface area contributed by atoms with E-state index in [1.54, 1.807) is 0 Å². The van der Waals surface area contributed by atoms with Gasteiger partial charge in [-0.3, -0.25) is 0 Å². The van der Waals surface area contributed by atoms with Crippen LogP contribution in [0.2, 0.25) is 0 Å². The Labute approximate surface area is 132 Å². The first kappa shape index (κ1) is 17.3. The van der Waals surface area contributed by atoms with E-state index in [0.717, 1.165) is 24.3 Å². The fraction of sp³-hybridized carbons (Fsp3) is 1.00. The van der Waals surface area contributed by atoms with Gasteiger partial charge >= 0.3 is 0 Å². The maximum atomic E-state index is 6.07. The predicted octanol–water partition coefficient (Wildman–Crippen LogP) is 4.78. The molecule has 0 radical (unpaired) electrons. The van der Waals surface area contributed by atoms with E-state index in [1.165, 1.54) is 64.2 Å². The van der Waals surface area contributed by atoms with Crippen LogP contribution in [-0.2, 0) is 4.74 Å². The smallest absolute Gasteiger partial charge is 0.0755 e. The van der Waals surface area contributed by atoms with Crippen molar-refractivity contribution in [2.45, 2.75) is 90.2 Å². The van der Waals surface area contributed by atoms with Crippen LogP contribution in [0.3, 0.4) is 0 Å². The summed E-state index contributed by atoms with van der Waals surface area (Å²) in [5.41, 5.74) is 0. The fourth-order valence-electron chi connectivity index (χ4n) is 4.60. The van der Waals surface area contributed by atoms with Gasteiger partial charge in [-0.15, -0.1) is 0 Å². The van der Waals surface area contributed by atoms with Crippen molar-refractivity contribution in [3.05, 3.63) is 0 Å². The van der Waals surface area contributed by atoms with E-state index >= 15 is 0 Å². The average molecular weight is 296 g/mol. The highest BCUT2D eigenvalue weighted by molar-refractivity contribution is 4.91. The van der Waals surface area contributed by atoms with Gasteiger partial charge in [-0.25, -0.2) is 0 Å². The summed E-state index contributed by atoms with van der Waals surface area (Å²) in [6, 6.07) is 0.588. The third kappa shape index (κ3) is 4.96. The molecule has 2 saturated carbocycles. The molecule has 1 N–H and O–H groups in total. The molecule has 0 aromatic rings. The molecule has 2 unspecified atom stereocenters. The summed E-state index contributed by atoms with van der Waals surface area (Å²) < 4.78 is 6.07. The molecule has 0 spiro atoms. The minimum atomic E-state index is 0.440. The molecule has 2 rings (SSSR count). The van der Waals surface area contributed by atoms with E-state index in [1.807, 2.05) is 7.11 Å². The molecule has 2 atom stereocenters. The van der Waals surface area contributed by atoms with Gasteiger partial charge < -0.3 is 10.1 Å². The molecule has 0 aromatic heterocycles. The third-order valence-electron chi connectivity index (χ3n) is 5.94. The number of hydrogen-bond acceptors (Lipinski definition) is 2. The Morgan fingerprint density at radius 1 is 0.952 bits per heavy atom. The van der Waals surface area contributed by atoms with Gasteiger partial charge in [0.05, 0.1) is 6.10 Å². The Morgan fingerprint density at radius 2 is 1.62 bits per heavy atom. The Morgan fingerprint density at radius 3 is 2.19 bits per heavy atom. The standard InChI is InChI=1S/C19H37NO/c1-4-14-20-18(16-12-10-15(2)11-13-16)19(21-3)17-8-6-5-7-9-17/h15-20H,4-14H2,1-3H3. The summed E-state index contributed by atoms with van der Waals surface area (Å²) in [6.07, 6.45) is 14.3. The molecule has 2 heteroatoms. The van der Waals surface area contributed by atoms with Crippen molar-refractivity contribution in [2.75, 3.05) is 13.7 Å². The Bertz CT molecular complexity index is 267. The minimum absolute atomic E-state index is 0.440. The van der Waals surface area contributed by atoms with Gasteiger partial charge in [0.15, 0.2) is 0 Å². The van der Waals surface area contributed by atoms with Gasteiger partial charge in [-0.05, 0) is 56.4 Å². The summed E-state index contributed by atoms with van der Waals surface area (Å²) in [6.45, 7) is 5.83. The van der Waals surface area contributed by atoms with Crippen molar-refractivity contribution in [3.63, 3.8) is 0 Å². The highest BCUT2D eigenvalue weighted by Crippen LogP contribution is 2.36. The fourth-order valence-corrected chi connectivity index (χ4v) is 4.60. The Balaban J connectivity index is 2.00. The highest BCUT2D eigenvalue weighted by atomic mass is 16.5. The zero-order chi connectivity index (χ0) is 15.1. The monoisotopic (exact) mass is 295 g/mol. The average Bonchev–Trinajstić information content (AvgIpc) is 2.53. The van der Waals surface area contributed by atoms with Crippen LogP contribution in [0.1, 0.15) is 78.1 Å². The lowest BCUT2D eigenvalue weighted by molar-refractivity contribution is -0.0146. The summed E-state index contributed by atoms with van der Waals surface area (Å²) in [5.74, 6) is 2.56. The van der Waals surface area contributed by atoms with Crippen LogP contribution in [0.15, 0.2) is 0 Å². The molecule has 0 saturated heterocycles. The molecular formula is C19H37NO. The summed E-state index contributed by atoms with van der Waals surface area (Å²) >= 11 is 0. The van der Waals surface area contributed by atoms with E-state index in [9.17, 15) is 0 Å². The molecule has 0 heterocycles. The second-order valence-electron chi connectivity index (χ2n) is 7.60. The lowest BCUT2D eigenvalue weighted by atomic mass is 9.73. The summed E-state index contributed by atoms with van der Waals surface area (Å²) in [4.78, 5) is 0. The van der Waals surface area contributed by atoms with E-state index < -0.39 is 0 Å². The second-order valence-corrected chi connectivity index (χ2v) is 7.60. The number of rotatable bonds is 7. The van der Waals surface area contributed by atoms with E-state index in [-0.39, 0.29) is 0 Å². The molecule has 0 aromatic carbocycles. The van der Waals surface area contributed by atoms with Crippen LogP contribution in [0.5, 0.6) is 0 Å². The first-order valence-electron chi connectivity index (χ1n) is 9.52. The number of methoxy groups -OCH3 is 1. The largest absolute Gasteiger partial charge is 0.380 e. The molecule has 21 heavy (non-hydrogen) atoms. The van der Waals surface area contributed by atoms with E-state index in [0.29, 0.717) is 12.1 Å². The summed E-state index contributed by atoms with van der Waals surface area (Å²) in [7, 11) is 1.95. The maximum Gasteiger partial charge on any atom is 0.0755 e. The van der Waals surface area contributed by atoms with E-state index in [4.69, 9.17) is 4.74 Å². The molecule has 124 valence electrons. The van der Waals surface area contributed by atoms with Crippen LogP contribution < -0.4 is 5.32 Å². The lowest BCUT2D eigenvalue weighted by Gasteiger charge is -2.41. The first-order valence-corrected chi connectivity index (χ1v) is 9.52. The molecule has 2 fully saturated rings. The summed E-state index contributed by atoms with van der Waals surface area (Å²) in [5, 5.41) is 3.88. The molecule has 0 aliphatic heterocycles. The van der Waals surface area contributed by atoms with Crippen molar-refractivity contribution in [3.8, 4) is 0 Å². The number of nitrogens with one attached hydrogen (secondary N) is 1. The van der Waals surface area contributed by atoms with Crippen LogP contribution >= 0.6 is 0 Å². The number of hydrogen-bond donors (Lipinski definition) is 1. The molecule has 2 nitrogen and oxygen atoms in total. The molecule has 0 bridgehead atoms. The van der Waals surface area contributed by atoms with E-state index in [2.05, 4.69) is 19.2 Å². The molecule has 2 aliphatic carbocycles. The second kappa shape index (κ2) is 9.15. The van der Waals surface area contributed by atoms with Gasteiger partial charge in [-0.1, -0.05) is 46.0 Å². The van der Waals surface area contributed by atoms with Gasteiger partial charge in [0.2, 0.25) is 0 Å². The predicted molar refractivity (Wildman–Crippen MR) is 90.6 cm³/mol. The van der Waals surface area contributed by atoms with Crippen LogP contribution in [-0.4, -0.2) is 25.8 Å². The SMILES string of the molecule is CCCNC(C1CCC(C)CC1)C(OC)C1CCCCC1. The normalized spacial score (nSPS) is 31.0. The van der Waals surface area contributed by atoms with Crippen LogP contribution in [0.25, 0.3) is 0 Å². The third-order valence-corrected chi connectivity index (χ3v) is 5.94. The van der Waals surface area contributed by atoms with Gasteiger partial charge in [0, 0.05) is 13.2 Å². The van der Waals surface area contributed by atoms with Crippen molar-refractivity contribution >= 4 is 0 Å². The van der Waals surface area contributed by atoms with Crippen LogP contribution in [0, 0.1) is 17.8 Å². The van der Waals surface area contributed by atoms with Gasteiger partial charge in [0.25, 0.3) is 0 Å². The molecular weight excluding hydrogens is 258 g/mol. The van der Waals surface area contributed by atoms with Gasteiger partial charge in [0.1, 0.15) is 0 Å². The van der Waals surface area contributed by atoms with Crippen molar-refractivity contribution in [1.29, 1.82) is 0 Å². The highest BCUT2D eigenvalue weighted by Gasteiger charge is 2.36. The quantitative estimate of drug-likeness (QED) is 0.730. The Hall–Kier alpha value is -0.0800. The van der Waals surface area contributed by atoms with Gasteiger partial charge in [-0.2, -0.15) is 0 Å². The van der Waals surface area contributed by atoms with Crippen LogP contribution in [0.4, 0.5) is 0 Å². The van der Waals surface area contributed by atoms with Crippen molar-refractivity contribution < 1.29 is 4.74 Å². The topological polar surface area (TPSA) is 21.3 Å². The lowest BCUT2D eigenvalue weighted by Crippen LogP contribution is -2.51. The van der Waals surface area contributed by atoms with Crippen molar-refractivity contribution in [2.24, 2.45) is 17.8 Å². The zero-order valence-electron chi connectivity index (χ0n) is 14.6. The maximum absolute atomic E-state index is 6.07. The minimum Gasteiger partial charge on any atom is -0.380 e. The zero-order valence-corrected chi connectivity index (χ0v) is 14.6. The molecule has 0 amide bonds. The number of ether oxygens (including phenoxy) is 1. The Kier molecular flexibility index (Phi) is 7.53. The van der Waals surface area contributed by atoms with Crippen molar-refractivity contribution in [1.82, 2.24) is 5.32 Å². The molecule has 2 aliphatic rings.